The normalized spacial score (nSPS) is 12.5. The Bertz CT molecular complexity index is 165. The van der Waals surface area contributed by atoms with Gasteiger partial charge in [-0.2, -0.15) is 0 Å². The molecule has 0 aliphatic rings. The predicted octanol–water partition coefficient (Wildman–Crippen LogP) is 5.95. The van der Waals surface area contributed by atoms with Crippen molar-refractivity contribution in [3.05, 3.63) is 10.2 Å². The molecule has 0 aromatic carbocycles. The van der Waals surface area contributed by atoms with Crippen molar-refractivity contribution >= 4 is 18.4 Å². The predicted molar refractivity (Wildman–Crippen MR) is 79.7 cm³/mol. The second-order valence-electron chi connectivity index (χ2n) is 6.03. The first kappa shape index (κ1) is 16.5. The summed E-state index contributed by atoms with van der Waals surface area (Å²) in [6.45, 7) is 2.28. The van der Waals surface area contributed by atoms with Crippen LogP contribution in [0.3, 0.4) is 0 Å². The van der Waals surface area contributed by atoms with Gasteiger partial charge >= 0.3 is 108 Å². The molecule has 0 aromatic heterocycles. The van der Waals surface area contributed by atoms with Crippen LogP contribution in [0.1, 0.15) is 64.7 Å². The average molecular weight is 331 g/mol. The van der Waals surface area contributed by atoms with Crippen LogP contribution in [-0.4, -0.2) is 18.4 Å². The number of allylic oxidation sites excluding steroid dienone is 1. The summed E-state index contributed by atoms with van der Waals surface area (Å²) in [6, 6.07) is 0. The molecule has 0 spiro atoms. The van der Waals surface area contributed by atoms with Crippen LogP contribution >= 0.6 is 0 Å². The summed E-state index contributed by atoms with van der Waals surface area (Å²) in [5.41, 5.74) is 0. The van der Waals surface area contributed by atoms with E-state index in [0.29, 0.717) is 0 Å². The molecule has 1 heteroatoms. The number of rotatable bonds is 10. The SMILES string of the molecule is CCCCCCCCCC/C=[CH]\[Sn]([CH3])([CH3])[CH3]. The van der Waals surface area contributed by atoms with E-state index in [9.17, 15) is 0 Å². The molecule has 0 rings (SSSR count). The fraction of sp³-hybridized carbons (Fsp3) is 0.867. The Kier molecular flexibility index (Phi) is 11.0. The third-order valence-electron chi connectivity index (χ3n) is 2.84. The van der Waals surface area contributed by atoms with Gasteiger partial charge in [0.15, 0.2) is 0 Å². The van der Waals surface area contributed by atoms with Gasteiger partial charge in [0.1, 0.15) is 0 Å². The van der Waals surface area contributed by atoms with Gasteiger partial charge in [0, 0.05) is 0 Å². The molecule has 0 amide bonds. The second kappa shape index (κ2) is 10.7. The molecule has 0 aromatic rings. The van der Waals surface area contributed by atoms with Crippen molar-refractivity contribution < 1.29 is 0 Å². The Hall–Kier alpha value is 0.539. The summed E-state index contributed by atoms with van der Waals surface area (Å²) in [4.78, 5) is 7.41. The van der Waals surface area contributed by atoms with Gasteiger partial charge in [0.05, 0.1) is 0 Å². The van der Waals surface area contributed by atoms with Gasteiger partial charge in [-0.1, -0.05) is 0 Å². The van der Waals surface area contributed by atoms with Crippen molar-refractivity contribution in [3.63, 3.8) is 0 Å². The summed E-state index contributed by atoms with van der Waals surface area (Å²) in [5.74, 6) is 0. The molecular weight excluding hydrogens is 299 g/mol. The summed E-state index contributed by atoms with van der Waals surface area (Å²) in [7, 11) is 0. The molecule has 16 heavy (non-hydrogen) atoms. The van der Waals surface area contributed by atoms with Crippen molar-refractivity contribution in [1.82, 2.24) is 0 Å². The van der Waals surface area contributed by atoms with E-state index in [1.54, 1.807) is 0 Å². The van der Waals surface area contributed by atoms with E-state index in [1.165, 1.54) is 57.8 Å². The second-order valence-corrected chi connectivity index (χ2v) is 20.5. The maximum atomic E-state index is 2.55. The van der Waals surface area contributed by atoms with E-state index in [0.717, 1.165) is 0 Å². The molecule has 0 aliphatic heterocycles. The Morgan fingerprint density at radius 2 is 1.25 bits per heavy atom. The van der Waals surface area contributed by atoms with E-state index in [2.05, 4.69) is 31.9 Å². The van der Waals surface area contributed by atoms with E-state index in [-0.39, 0.29) is 0 Å². The molecule has 0 aliphatic carbocycles. The topological polar surface area (TPSA) is 0 Å². The Morgan fingerprint density at radius 1 is 0.750 bits per heavy atom. The van der Waals surface area contributed by atoms with Crippen molar-refractivity contribution in [2.24, 2.45) is 0 Å². The van der Waals surface area contributed by atoms with Crippen LogP contribution in [0.5, 0.6) is 0 Å². The summed E-state index contributed by atoms with van der Waals surface area (Å²) in [5, 5.41) is 0. The minimum absolute atomic E-state index is 1.32. The number of hydrogen-bond donors (Lipinski definition) is 0. The summed E-state index contributed by atoms with van der Waals surface area (Å²) < 4.78 is 2.55. The quantitative estimate of drug-likeness (QED) is 0.343. The first-order valence-electron chi connectivity index (χ1n) is 7.24. The number of hydrogen-bond acceptors (Lipinski definition) is 0. The van der Waals surface area contributed by atoms with Crippen molar-refractivity contribution in [2.45, 2.75) is 79.5 Å². The molecule has 0 N–H and O–H groups in total. The summed E-state index contributed by atoms with van der Waals surface area (Å²) >= 11 is -1.59. The molecule has 0 atom stereocenters. The Balaban J connectivity index is 3.13. The van der Waals surface area contributed by atoms with Gasteiger partial charge in [0.25, 0.3) is 0 Å². The minimum atomic E-state index is -1.59. The molecule has 96 valence electrons. The van der Waals surface area contributed by atoms with Crippen LogP contribution in [0.2, 0.25) is 14.8 Å². The maximum absolute atomic E-state index is 2.55. The van der Waals surface area contributed by atoms with Crippen LogP contribution in [-0.2, 0) is 0 Å². The Morgan fingerprint density at radius 3 is 1.75 bits per heavy atom. The molecule has 0 nitrogen and oxygen atoms in total. The van der Waals surface area contributed by atoms with Gasteiger partial charge < -0.3 is 0 Å². The summed E-state index contributed by atoms with van der Waals surface area (Å²) in [6.07, 6.45) is 15.2. The van der Waals surface area contributed by atoms with Gasteiger partial charge in [0.2, 0.25) is 0 Å². The van der Waals surface area contributed by atoms with Gasteiger partial charge in [-0.05, 0) is 0 Å². The molecule has 0 heterocycles. The molecular formula is C15H32Sn. The van der Waals surface area contributed by atoms with E-state index >= 15 is 0 Å². The molecule has 0 radical (unpaired) electrons. The van der Waals surface area contributed by atoms with Crippen LogP contribution < -0.4 is 0 Å². The fourth-order valence-corrected chi connectivity index (χ4v) is 4.33. The van der Waals surface area contributed by atoms with Crippen molar-refractivity contribution in [3.8, 4) is 0 Å². The molecule has 0 bridgehead atoms. The molecule has 0 unspecified atom stereocenters. The monoisotopic (exact) mass is 332 g/mol. The van der Waals surface area contributed by atoms with E-state index in [1.807, 2.05) is 0 Å². The molecule has 0 saturated carbocycles. The zero-order valence-electron chi connectivity index (χ0n) is 12.0. The third kappa shape index (κ3) is 14.5. The average Bonchev–Trinajstić information content (AvgIpc) is 2.19. The van der Waals surface area contributed by atoms with Gasteiger partial charge in [-0.25, -0.2) is 0 Å². The standard InChI is InChI=1S/C12H23.3CH3.Sn/c1-3-5-7-9-11-12-10-8-6-4-2;;;;/h1,3H,4-12H2,2H3;3*1H3;. The van der Waals surface area contributed by atoms with Crippen LogP contribution in [0.25, 0.3) is 0 Å². The van der Waals surface area contributed by atoms with Crippen molar-refractivity contribution in [1.29, 1.82) is 0 Å². The van der Waals surface area contributed by atoms with Crippen molar-refractivity contribution in [2.75, 3.05) is 0 Å². The van der Waals surface area contributed by atoms with Crippen LogP contribution in [0.15, 0.2) is 10.2 Å². The first-order chi connectivity index (χ1) is 7.56. The van der Waals surface area contributed by atoms with Gasteiger partial charge in [-0.15, -0.1) is 0 Å². The number of unbranched alkanes of at least 4 members (excludes halogenated alkanes) is 8. The Labute approximate surface area is 108 Å². The van der Waals surface area contributed by atoms with E-state index in [4.69, 9.17) is 0 Å². The zero-order valence-corrected chi connectivity index (χ0v) is 14.9. The molecule has 0 saturated heterocycles. The molecule has 0 fully saturated rings. The third-order valence-corrected chi connectivity index (χ3v) is 6.37. The van der Waals surface area contributed by atoms with Gasteiger partial charge in [-0.3, -0.25) is 0 Å². The fourth-order valence-electron chi connectivity index (χ4n) is 1.83. The zero-order chi connectivity index (χ0) is 12.3. The van der Waals surface area contributed by atoms with Crippen LogP contribution in [0.4, 0.5) is 0 Å². The van der Waals surface area contributed by atoms with Crippen LogP contribution in [0, 0.1) is 0 Å². The van der Waals surface area contributed by atoms with E-state index < -0.39 is 18.4 Å². The first-order valence-corrected chi connectivity index (χ1v) is 17.4.